The van der Waals surface area contributed by atoms with Gasteiger partial charge in [0.15, 0.2) is 5.16 Å². The number of thioether (sulfide) groups is 1. The summed E-state index contributed by atoms with van der Waals surface area (Å²) in [5.41, 5.74) is 5.92. The van der Waals surface area contributed by atoms with Gasteiger partial charge in [-0.2, -0.15) is 0 Å². The summed E-state index contributed by atoms with van der Waals surface area (Å²) in [7, 11) is 0. The largest absolute Gasteiger partial charge is 0.468 e. The first-order valence-corrected chi connectivity index (χ1v) is 5.60. The first-order chi connectivity index (χ1) is 7.27. The van der Waals surface area contributed by atoms with Crippen LogP contribution in [0.5, 0.6) is 0 Å². The van der Waals surface area contributed by atoms with Crippen molar-refractivity contribution >= 4 is 11.8 Å². The molecule has 0 saturated heterocycles. The number of aromatic nitrogens is 2. The molecule has 15 heavy (non-hydrogen) atoms. The minimum absolute atomic E-state index is 0.00579. The summed E-state index contributed by atoms with van der Waals surface area (Å²) < 4.78 is 5.36. The fourth-order valence-electron chi connectivity index (χ4n) is 1.31. The molecule has 4 nitrogen and oxygen atoms in total. The van der Waals surface area contributed by atoms with E-state index in [1.165, 1.54) is 0 Å². The van der Waals surface area contributed by atoms with Gasteiger partial charge < -0.3 is 15.1 Å². The van der Waals surface area contributed by atoms with Gasteiger partial charge in [-0.25, -0.2) is 4.98 Å². The third-order valence-corrected chi connectivity index (χ3v) is 3.37. The summed E-state index contributed by atoms with van der Waals surface area (Å²) in [6, 6.07) is 3.81. The van der Waals surface area contributed by atoms with E-state index in [1.807, 2.05) is 19.1 Å². The van der Waals surface area contributed by atoms with E-state index in [2.05, 4.69) is 9.97 Å². The highest BCUT2D eigenvalue weighted by atomic mass is 32.2. The van der Waals surface area contributed by atoms with Crippen LogP contribution in [0, 0.1) is 0 Å². The molecule has 5 heteroatoms. The zero-order valence-corrected chi connectivity index (χ0v) is 9.20. The second kappa shape index (κ2) is 4.55. The van der Waals surface area contributed by atoms with Crippen LogP contribution in [-0.4, -0.2) is 16.0 Å². The van der Waals surface area contributed by atoms with E-state index in [0.29, 0.717) is 0 Å². The van der Waals surface area contributed by atoms with Crippen molar-refractivity contribution in [3.05, 3.63) is 36.5 Å². The smallest absolute Gasteiger partial charge is 0.166 e. The Labute approximate surface area is 92.3 Å². The predicted molar refractivity (Wildman–Crippen MR) is 59.5 cm³/mol. The number of aromatic amines is 1. The Hall–Kier alpha value is -1.20. The molecule has 0 spiro atoms. The van der Waals surface area contributed by atoms with Gasteiger partial charge in [-0.3, -0.25) is 0 Å². The monoisotopic (exact) mass is 223 g/mol. The first-order valence-electron chi connectivity index (χ1n) is 4.72. The highest BCUT2D eigenvalue weighted by molar-refractivity contribution is 7.99. The van der Waals surface area contributed by atoms with Crippen LogP contribution in [0.2, 0.25) is 0 Å². The van der Waals surface area contributed by atoms with Crippen LogP contribution >= 0.6 is 11.8 Å². The number of furan rings is 1. The lowest BCUT2D eigenvalue weighted by molar-refractivity contribution is 0.486. The van der Waals surface area contributed by atoms with Gasteiger partial charge in [0.25, 0.3) is 0 Å². The molecule has 0 aromatic carbocycles. The van der Waals surface area contributed by atoms with Gasteiger partial charge in [0.1, 0.15) is 5.76 Å². The molecule has 3 N–H and O–H groups in total. The minimum atomic E-state index is 0.00579. The maximum absolute atomic E-state index is 5.92. The van der Waals surface area contributed by atoms with Gasteiger partial charge in [-0.05, 0) is 19.1 Å². The molecule has 0 aliphatic heterocycles. The van der Waals surface area contributed by atoms with Crippen molar-refractivity contribution in [3.63, 3.8) is 0 Å². The molecule has 0 bridgehead atoms. The lowest BCUT2D eigenvalue weighted by atomic mass is 10.2. The van der Waals surface area contributed by atoms with E-state index in [-0.39, 0.29) is 11.3 Å². The van der Waals surface area contributed by atoms with Crippen molar-refractivity contribution in [1.29, 1.82) is 0 Å². The molecular weight excluding hydrogens is 210 g/mol. The van der Waals surface area contributed by atoms with Crippen LogP contribution in [0.4, 0.5) is 0 Å². The lowest BCUT2D eigenvalue weighted by Crippen LogP contribution is -2.22. The second-order valence-corrected chi connectivity index (χ2v) is 4.44. The number of H-pyrrole nitrogens is 1. The molecule has 2 aromatic heterocycles. The van der Waals surface area contributed by atoms with Crippen LogP contribution in [0.3, 0.4) is 0 Å². The Morgan fingerprint density at radius 1 is 1.60 bits per heavy atom. The average Bonchev–Trinajstić information content (AvgIpc) is 2.87. The van der Waals surface area contributed by atoms with E-state index in [9.17, 15) is 0 Å². The van der Waals surface area contributed by atoms with Gasteiger partial charge in [-0.15, -0.1) is 0 Å². The standard InChI is InChI=1S/C10H13N3OS/c1-7(11)9(8-3-2-6-14-8)15-10-12-4-5-13-10/h2-7,9H,11H2,1H3,(H,12,13). The molecule has 2 heterocycles. The molecule has 0 fully saturated rings. The summed E-state index contributed by atoms with van der Waals surface area (Å²) in [6.07, 6.45) is 5.18. The Balaban J connectivity index is 2.14. The van der Waals surface area contributed by atoms with Crippen LogP contribution in [-0.2, 0) is 0 Å². The molecule has 2 unspecified atom stereocenters. The summed E-state index contributed by atoms with van der Waals surface area (Å²) in [5, 5.41) is 0.944. The zero-order valence-electron chi connectivity index (χ0n) is 8.38. The number of nitrogens with two attached hydrogens (primary N) is 1. The highest BCUT2D eigenvalue weighted by Crippen LogP contribution is 2.35. The van der Waals surface area contributed by atoms with E-state index < -0.39 is 0 Å². The van der Waals surface area contributed by atoms with Crippen LogP contribution in [0.15, 0.2) is 40.4 Å². The molecule has 0 aliphatic rings. The molecule has 2 atom stereocenters. The Morgan fingerprint density at radius 3 is 3.00 bits per heavy atom. The maximum Gasteiger partial charge on any atom is 0.166 e. The number of imidazole rings is 1. The first kappa shape index (κ1) is 10.3. The van der Waals surface area contributed by atoms with E-state index >= 15 is 0 Å². The molecule has 2 rings (SSSR count). The van der Waals surface area contributed by atoms with Crippen molar-refractivity contribution in [2.75, 3.05) is 0 Å². The predicted octanol–water partition coefficient (Wildman–Crippen LogP) is 2.18. The highest BCUT2D eigenvalue weighted by Gasteiger charge is 2.21. The maximum atomic E-state index is 5.92. The van der Waals surface area contributed by atoms with Gasteiger partial charge in [0, 0.05) is 18.4 Å². The van der Waals surface area contributed by atoms with Crippen LogP contribution < -0.4 is 5.73 Å². The quantitative estimate of drug-likeness (QED) is 0.779. The Kier molecular flexibility index (Phi) is 3.13. The Morgan fingerprint density at radius 2 is 2.47 bits per heavy atom. The van der Waals surface area contributed by atoms with Crippen molar-refractivity contribution < 1.29 is 4.42 Å². The molecule has 2 aromatic rings. The summed E-state index contributed by atoms with van der Waals surface area (Å²) in [6.45, 7) is 1.96. The molecule has 80 valence electrons. The topological polar surface area (TPSA) is 67.8 Å². The van der Waals surface area contributed by atoms with E-state index in [0.717, 1.165) is 10.9 Å². The van der Waals surface area contributed by atoms with Crippen molar-refractivity contribution in [2.24, 2.45) is 5.73 Å². The van der Waals surface area contributed by atoms with Crippen molar-refractivity contribution in [2.45, 2.75) is 23.4 Å². The number of hydrogen-bond donors (Lipinski definition) is 2. The molecule has 0 aliphatic carbocycles. The lowest BCUT2D eigenvalue weighted by Gasteiger charge is -2.16. The number of nitrogens with zero attached hydrogens (tertiary/aromatic N) is 1. The summed E-state index contributed by atoms with van der Waals surface area (Å²) in [5.74, 6) is 0.881. The molecule has 0 saturated carbocycles. The van der Waals surface area contributed by atoms with Crippen LogP contribution in [0.1, 0.15) is 17.9 Å². The van der Waals surface area contributed by atoms with Gasteiger partial charge in [0.05, 0.1) is 11.5 Å². The third-order valence-electron chi connectivity index (χ3n) is 2.01. The number of nitrogens with one attached hydrogen (secondary N) is 1. The number of hydrogen-bond acceptors (Lipinski definition) is 4. The Bertz CT molecular complexity index is 383. The molecular formula is C10H13N3OS. The van der Waals surface area contributed by atoms with Gasteiger partial charge in [0.2, 0.25) is 0 Å². The van der Waals surface area contributed by atoms with Gasteiger partial charge in [-0.1, -0.05) is 11.8 Å². The van der Waals surface area contributed by atoms with Crippen LogP contribution in [0.25, 0.3) is 0 Å². The minimum Gasteiger partial charge on any atom is -0.468 e. The second-order valence-electron chi connectivity index (χ2n) is 3.31. The molecule has 0 radical (unpaired) electrons. The summed E-state index contributed by atoms with van der Waals surface area (Å²) >= 11 is 1.58. The number of rotatable bonds is 4. The van der Waals surface area contributed by atoms with Gasteiger partial charge >= 0.3 is 0 Å². The fraction of sp³-hybridized carbons (Fsp3) is 0.300. The van der Waals surface area contributed by atoms with E-state index in [1.54, 1.807) is 30.4 Å². The summed E-state index contributed by atoms with van der Waals surface area (Å²) in [4.78, 5) is 7.20. The SMILES string of the molecule is CC(N)C(Sc1ncc[nH]1)c1ccco1. The van der Waals surface area contributed by atoms with Crippen molar-refractivity contribution in [1.82, 2.24) is 9.97 Å². The fourth-order valence-corrected chi connectivity index (χ4v) is 2.28. The van der Waals surface area contributed by atoms with E-state index in [4.69, 9.17) is 10.2 Å². The normalized spacial score (nSPS) is 15.1. The molecule has 0 amide bonds. The average molecular weight is 223 g/mol. The van der Waals surface area contributed by atoms with Crippen molar-refractivity contribution in [3.8, 4) is 0 Å². The zero-order chi connectivity index (χ0) is 10.7. The third kappa shape index (κ3) is 2.43.